The summed E-state index contributed by atoms with van der Waals surface area (Å²) in [6.45, 7) is 6.03. The van der Waals surface area contributed by atoms with E-state index in [0.29, 0.717) is 0 Å². The highest BCUT2D eigenvalue weighted by atomic mass is 127. The minimum atomic E-state index is -0.777. The van der Waals surface area contributed by atoms with Crippen LogP contribution in [0, 0.1) is 10.5 Å². The number of piperazine rings is 1. The van der Waals surface area contributed by atoms with Gasteiger partial charge in [-0.1, -0.05) is 0 Å². The zero-order chi connectivity index (χ0) is 13.1. The maximum atomic E-state index is 10.8. The largest absolute Gasteiger partial charge is 0.481 e. The summed E-state index contributed by atoms with van der Waals surface area (Å²) in [4.78, 5) is 13.2. The molecule has 4 nitrogen and oxygen atoms in total. The lowest BCUT2D eigenvalue weighted by atomic mass is 10.1. The standard InChI is InChI=1S/C13H17IN2O2/c1-9-11(14)6-10(8-13(17)18)7-12(9)16-4-2-15-3-5-16/h6-7,15H,2-5,8H2,1H3,(H,17,18). The van der Waals surface area contributed by atoms with E-state index in [1.54, 1.807) is 0 Å². The first-order valence-corrected chi connectivity index (χ1v) is 7.12. The first-order valence-electron chi connectivity index (χ1n) is 6.04. The number of anilines is 1. The van der Waals surface area contributed by atoms with E-state index in [4.69, 9.17) is 5.11 Å². The quantitative estimate of drug-likeness (QED) is 0.805. The van der Waals surface area contributed by atoms with Crippen LogP contribution in [0.3, 0.4) is 0 Å². The first kappa shape index (κ1) is 13.6. The predicted molar refractivity (Wildman–Crippen MR) is 80.3 cm³/mol. The van der Waals surface area contributed by atoms with Crippen LogP contribution >= 0.6 is 22.6 Å². The lowest BCUT2D eigenvalue weighted by molar-refractivity contribution is -0.136. The maximum Gasteiger partial charge on any atom is 0.307 e. The fourth-order valence-corrected chi connectivity index (χ4v) is 2.91. The summed E-state index contributed by atoms with van der Waals surface area (Å²) in [6.07, 6.45) is 0.0926. The van der Waals surface area contributed by atoms with Crippen LogP contribution in [0.1, 0.15) is 11.1 Å². The molecule has 2 N–H and O–H groups in total. The van der Waals surface area contributed by atoms with Gasteiger partial charge in [-0.3, -0.25) is 4.79 Å². The molecule has 1 aromatic carbocycles. The number of hydrogen-bond acceptors (Lipinski definition) is 3. The van der Waals surface area contributed by atoms with Gasteiger partial charge < -0.3 is 15.3 Å². The third-order valence-electron chi connectivity index (χ3n) is 3.19. The number of rotatable bonds is 3. The van der Waals surface area contributed by atoms with Gasteiger partial charge in [0.1, 0.15) is 0 Å². The summed E-state index contributed by atoms with van der Waals surface area (Å²) in [5.41, 5.74) is 3.30. The molecule has 1 heterocycles. The molecule has 0 unspecified atom stereocenters. The Morgan fingerprint density at radius 2 is 2.11 bits per heavy atom. The topological polar surface area (TPSA) is 52.6 Å². The SMILES string of the molecule is Cc1c(I)cc(CC(=O)O)cc1N1CCNCC1. The number of halogens is 1. The molecule has 0 aromatic heterocycles. The number of nitrogens with one attached hydrogen (secondary N) is 1. The molecule has 18 heavy (non-hydrogen) atoms. The number of carbonyl (C=O) groups is 1. The van der Waals surface area contributed by atoms with Crippen molar-refractivity contribution in [3.05, 3.63) is 26.8 Å². The molecular formula is C13H17IN2O2. The van der Waals surface area contributed by atoms with E-state index in [2.05, 4.69) is 39.7 Å². The van der Waals surface area contributed by atoms with E-state index in [9.17, 15) is 4.79 Å². The Labute approximate surface area is 121 Å². The zero-order valence-electron chi connectivity index (χ0n) is 10.4. The van der Waals surface area contributed by atoms with Crippen LogP contribution in [0.4, 0.5) is 5.69 Å². The minimum absolute atomic E-state index is 0.0926. The van der Waals surface area contributed by atoms with Crippen molar-refractivity contribution in [1.82, 2.24) is 5.32 Å². The highest BCUT2D eigenvalue weighted by Gasteiger charge is 2.15. The molecular weight excluding hydrogens is 343 g/mol. The molecule has 2 rings (SSSR count). The third-order valence-corrected chi connectivity index (χ3v) is 4.31. The van der Waals surface area contributed by atoms with Crippen molar-refractivity contribution in [2.75, 3.05) is 31.1 Å². The van der Waals surface area contributed by atoms with Gasteiger partial charge in [-0.25, -0.2) is 0 Å². The summed E-state index contributed by atoms with van der Waals surface area (Å²) in [5.74, 6) is -0.777. The van der Waals surface area contributed by atoms with Crippen LogP contribution in [-0.2, 0) is 11.2 Å². The van der Waals surface area contributed by atoms with Gasteiger partial charge in [-0.15, -0.1) is 0 Å². The maximum absolute atomic E-state index is 10.8. The van der Waals surface area contributed by atoms with Gasteiger partial charge in [0.05, 0.1) is 6.42 Å². The van der Waals surface area contributed by atoms with Crippen molar-refractivity contribution in [2.45, 2.75) is 13.3 Å². The first-order chi connectivity index (χ1) is 8.58. The lowest BCUT2D eigenvalue weighted by Gasteiger charge is -2.31. The highest BCUT2D eigenvalue weighted by molar-refractivity contribution is 14.1. The number of carboxylic acid groups (broad SMARTS) is 1. The lowest BCUT2D eigenvalue weighted by Crippen LogP contribution is -2.43. The van der Waals surface area contributed by atoms with Crippen molar-refractivity contribution in [3.63, 3.8) is 0 Å². The fourth-order valence-electron chi connectivity index (χ4n) is 2.23. The van der Waals surface area contributed by atoms with Gasteiger partial charge >= 0.3 is 5.97 Å². The Morgan fingerprint density at radius 3 is 2.72 bits per heavy atom. The van der Waals surface area contributed by atoms with E-state index in [1.165, 1.54) is 11.3 Å². The molecule has 0 atom stereocenters. The van der Waals surface area contributed by atoms with Crippen LogP contribution in [0.5, 0.6) is 0 Å². The third kappa shape index (κ3) is 3.14. The van der Waals surface area contributed by atoms with Crippen molar-refractivity contribution >= 4 is 34.2 Å². The molecule has 0 spiro atoms. The predicted octanol–water partition coefficient (Wildman–Crippen LogP) is 1.64. The minimum Gasteiger partial charge on any atom is -0.481 e. The van der Waals surface area contributed by atoms with E-state index in [0.717, 1.165) is 35.3 Å². The van der Waals surface area contributed by atoms with E-state index in [-0.39, 0.29) is 6.42 Å². The van der Waals surface area contributed by atoms with Crippen LogP contribution in [-0.4, -0.2) is 37.3 Å². The molecule has 1 saturated heterocycles. The van der Waals surface area contributed by atoms with E-state index >= 15 is 0 Å². The molecule has 98 valence electrons. The van der Waals surface area contributed by atoms with E-state index < -0.39 is 5.97 Å². The van der Waals surface area contributed by atoms with Crippen LogP contribution in [0.15, 0.2) is 12.1 Å². The average Bonchev–Trinajstić information content (AvgIpc) is 2.34. The van der Waals surface area contributed by atoms with Crippen LogP contribution < -0.4 is 10.2 Å². The van der Waals surface area contributed by atoms with Gasteiger partial charge in [0.15, 0.2) is 0 Å². The number of carboxylic acids is 1. The van der Waals surface area contributed by atoms with Gasteiger partial charge in [-0.05, 0) is 52.8 Å². The summed E-state index contributed by atoms with van der Waals surface area (Å²) >= 11 is 2.28. The molecule has 0 bridgehead atoms. The normalized spacial score (nSPS) is 15.8. The Morgan fingerprint density at radius 1 is 1.44 bits per heavy atom. The average molecular weight is 360 g/mol. The second-order valence-electron chi connectivity index (χ2n) is 4.53. The Hall–Kier alpha value is -0.820. The van der Waals surface area contributed by atoms with E-state index in [1.807, 2.05) is 12.1 Å². The number of nitrogens with zero attached hydrogens (tertiary/aromatic N) is 1. The smallest absolute Gasteiger partial charge is 0.307 e. The number of hydrogen-bond donors (Lipinski definition) is 2. The highest BCUT2D eigenvalue weighted by Crippen LogP contribution is 2.27. The second kappa shape index (κ2) is 5.88. The number of aliphatic carboxylic acids is 1. The molecule has 0 saturated carbocycles. The second-order valence-corrected chi connectivity index (χ2v) is 5.69. The van der Waals surface area contributed by atoms with Gasteiger partial charge in [0.25, 0.3) is 0 Å². The Balaban J connectivity index is 2.32. The van der Waals surface area contributed by atoms with Crippen molar-refractivity contribution < 1.29 is 9.90 Å². The number of benzene rings is 1. The molecule has 1 aliphatic heterocycles. The summed E-state index contributed by atoms with van der Waals surface area (Å²) < 4.78 is 1.14. The summed E-state index contributed by atoms with van der Waals surface area (Å²) in [7, 11) is 0. The molecule has 0 amide bonds. The molecule has 1 fully saturated rings. The van der Waals surface area contributed by atoms with Crippen molar-refractivity contribution in [1.29, 1.82) is 0 Å². The van der Waals surface area contributed by atoms with Gasteiger partial charge in [0, 0.05) is 35.4 Å². The monoisotopic (exact) mass is 360 g/mol. The molecule has 0 aliphatic carbocycles. The molecule has 0 radical (unpaired) electrons. The molecule has 1 aromatic rings. The molecule has 5 heteroatoms. The summed E-state index contributed by atoms with van der Waals surface area (Å²) in [6, 6.07) is 3.99. The summed E-state index contributed by atoms with van der Waals surface area (Å²) in [5, 5.41) is 12.2. The van der Waals surface area contributed by atoms with Crippen molar-refractivity contribution in [2.24, 2.45) is 0 Å². The zero-order valence-corrected chi connectivity index (χ0v) is 12.5. The van der Waals surface area contributed by atoms with Crippen LogP contribution in [0.2, 0.25) is 0 Å². The Kier molecular flexibility index (Phi) is 4.45. The van der Waals surface area contributed by atoms with Crippen LogP contribution in [0.25, 0.3) is 0 Å². The van der Waals surface area contributed by atoms with Gasteiger partial charge in [-0.2, -0.15) is 0 Å². The van der Waals surface area contributed by atoms with Gasteiger partial charge in [0.2, 0.25) is 0 Å². The Bertz CT molecular complexity index is 457. The van der Waals surface area contributed by atoms with Crippen molar-refractivity contribution in [3.8, 4) is 0 Å². The fraction of sp³-hybridized carbons (Fsp3) is 0.462. The molecule has 1 aliphatic rings.